The lowest BCUT2D eigenvalue weighted by molar-refractivity contribution is -0.0495. The second kappa shape index (κ2) is 8.20. The van der Waals surface area contributed by atoms with Crippen LogP contribution in [0.25, 0.3) is 16.8 Å². The quantitative estimate of drug-likeness (QED) is 0.652. The summed E-state index contributed by atoms with van der Waals surface area (Å²) in [5.74, 6) is 0.845. The van der Waals surface area contributed by atoms with Gasteiger partial charge in [0.1, 0.15) is 17.2 Å². The summed E-state index contributed by atoms with van der Waals surface area (Å²) in [5.41, 5.74) is 1.46. The lowest BCUT2D eigenvalue weighted by atomic mass is 9.93. The highest BCUT2D eigenvalue weighted by atomic mass is 19.3. The third kappa shape index (κ3) is 3.95. The molecule has 1 aliphatic rings. The van der Waals surface area contributed by atoms with E-state index >= 15 is 0 Å². The van der Waals surface area contributed by atoms with Gasteiger partial charge < -0.3 is 19.9 Å². The van der Waals surface area contributed by atoms with Crippen LogP contribution in [0.2, 0.25) is 0 Å². The van der Waals surface area contributed by atoms with Gasteiger partial charge in [0.2, 0.25) is 5.95 Å². The summed E-state index contributed by atoms with van der Waals surface area (Å²) in [5, 5.41) is 22.1. The minimum atomic E-state index is -2.98. The van der Waals surface area contributed by atoms with E-state index in [9.17, 15) is 13.9 Å². The van der Waals surface area contributed by atoms with Crippen molar-refractivity contribution in [3.8, 4) is 22.8 Å². The Morgan fingerprint density at radius 1 is 1.21 bits per heavy atom. The monoisotopic (exact) mass is 404 g/mol. The highest BCUT2D eigenvalue weighted by molar-refractivity contribution is 5.81. The smallest absolute Gasteiger partial charge is 0.387 e. The van der Waals surface area contributed by atoms with Crippen molar-refractivity contribution in [2.24, 2.45) is 0 Å². The number of aromatic nitrogens is 3. The van der Waals surface area contributed by atoms with E-state index in [-0.39, 0.29) is 11.8 Å². The lowest BCUT2D eigenvalue weighted by Gasteiger charge is -2.28. The molecule has 9 heteroatoms. The first-order valence-corrected chi connectivity index (χ1v) is 9.48. The van der Waals surface area contributed by atoms with Gasteiger partial charge in [0.25, 0.3) is 0 Å². The van der Waals surface area contributed by atoms with Crippen LogP contribution in [-0.4, -0.2) is 45.6 Å². The van der Waals surface area contributed by atoms with Gasteiger partial charge in [-0.25, -0.2) is 0 Å². The molecule has 29 heavy (non-hydrogen) atoms. The van der Waals surface area contributed by atoms with Crippen LogP contribution in [0.1, 0.15) is 25.7 Å². The van der Waals surface area contributed by atoms with Gasteiger partial charge in [-0.15, -0.1) is 10.2 Å². The number of alkyl halides is 2. The fourth-order valence-corrected chi connectivity index (χ4v) is 3.71. The maximum absolute atomic E-state index is 12.9. The Hall–Kier alpha value is -2.94. The molecule has 1 aliphatic carbocycles. The summed E-state index contributed by atoms with van der Waals surface area (Å²) in [7, 11) is 1.45. The van der Waals surface area contributed by atoms with Crippen molar-refractivity contribution in [3.63, 3.8) is 0 Å². The first-order valence-electron chi connectivity index (χ1n) is 9.48. The summed E-state index contributed by atoms with van der Waals surface area (Å²) in [6, 6.07) is 8.20. The zero-order valence-electron chi connectivity index (χ0n) is 15.9. The second-order valence-electron chi connectivity index (χ2n) is 6.98. The maximum atomic E-state index is 12.9. The van der Waals surface area contributed by atoms with Crippen LogP contribution in [0.15, 0.2) is 36.5 Å². The Labute approximate surface area is 166 Å². The predicted molar refractivity (Wildman–Crippen MR) is 103 cm³/mol. The largest absolute Gasteiger partial charge is 0.497 e. The fourth-order valence-electron chi connectivity index (χ4n) is 3.71. The van der Waals surface area contributed by atoms with E-state index in [1.54, 1.807) is 16.5 Å². The van der Waals surface area contributed by atoms with E-state index < -0.39 is 12.7 Å². The van der Waals surface area contributed by atoms with E-state index in [0.29, 0.717) is 28.5 Å². The van der Waals surface area contributed by atoms with Crippen LogP contribution in [0, 0.1) is 0 Å². The predicted octanol–water partition coefficient (Wildman–Crippen LogP) is 3.72. The van der Waals surface area contributed by atoms with Gasteiger partial charge in [0.05, 0.1) is 24.8 Å². The Bertz CT molecular complexity index is 995. The van der Waals surface area contributed by atoms with Gasteiger partial charge in [0, 0.05) is 17.8 Å². The zero-order valence-corrected chi connectivity index (χ0v) is 15.9. The van der Waals surface area contributed by atoms with Crippen molar-refractivity contribution in [2.45, 2.75) is 44.4 Å². The minimum absolute atomic E-state index is 0.0415. The molecule has 3 aromatic rings. The van der Waals surface area contributed by atoms with Crippen LogP contribution in [-0.2, 0) is 0 Å². The average Bonchev–Trinajstić information content (AvgIpc) is 3.20. The number of benzene rings is 1. The van der Waals surface area contributed by atoms with E-state index in [1.165, 1.54) is 13.2 Å². The summed E-state index contributed by atoms with van der Waals surface area (Å²) in [6.45, 7) is -2.98. The molecule has 0 amide bonds. The van der Waals surface area contributed by atoms with Gasteiger partial charge in [-0.05, 0) is 37.1 Å². The average molecular weight is 404 g/mol. The molecule has 1 fully saturated rings. The summed E-state index contributed by atoms with van der Waals surface area (Å²) < 4.78 is 37.5. The van der Waals surface area contributed by atoms with E-state index in [4.69, 9.17) is 9.47 Å². The van der Waals surface area contributed by atoms with Gasteiger partial charge in [0.15, 0.2) is 0 Å². The summed E-state index contributed by atoms with van der Waals surface area (Å²) >= 11 is 0. The van der Waals surface area contributed by atoms with E-state index in [2.05, 4.69) is 15.5 Å². The maximum Gasteiger partial charge on any atom is 0.387 e. The number of aliphatic hydroxyl groups is 1. The van der Waals surface area contributed by atoms with Crippen molar-refractivity contribution in [2.75, 3.05) is 12.4 Å². The molecular formula is C20H22F2N4O3. The van der Waals surface area contributed by atoms with Crippen molar-refractivity contribution < 1.29 is 23.4 Å². The molecule has 1 saturated carbocycles. The van der Waals surface area contributed by atoms with Gasteiger partial charge in [-0.2, -0.15) is 8.78 Å². The minimum Gasteiger partial charge on any atom is -0.497 e. The normalized spacial score (nSPS) is 19.5. The molecular weight excluding hydrogens is 382 g/mol. The number of rotatable bonds is 6. The van der Waals surface area contributed by atoms with Crippen molar-refractivity contribution in [1.29, 1.82) is 0 Å². The molecule has 2 heterocycles. The van der Waals surface area contributed by atoms with Crippen LogP contribution in [0.5, 0.6) is 11.5 Å². The van der Waals surface area contributed by atoms with Gasteiger partial charge >= 0.3 is 6.61 Å². The van der Waals surface area contributed by atoms with Crippen LogP contribution in [0.3, 0.4) is 0 Å². The van der Waals surface area contributed by atoms with Gasteiger partial charge in [-0.1, -0.05) is 12.8 Å². The lowest BCUT2D eigenvalue weighted by Crippen LogP contribution is -2.37. The number of methoxy groups -OCH3 is 1. The molecule has 2 N–H and O–H groups in total. The number of aliphatic hydroxyl groups excluding tert-OH is 1. The second-order valence-corrected chi connectivity index (χ2v) is 6.98. The standard InChI is InChI=1S/C20H22F2N4O3/c1-28-12-8-9-13(17(11-12)29-19(21)22)18-15-6-4-10-26(15)20(25-24-18)23-14-5-2-3-7-16(14)27/h4,6,8-11,14,16,19,27H,2-3,5,7H2,1H3,(H,23,25)/t14-,16-/m1/s1. The zero-order chi connectivity index (χ0) is 20.4. The molecule has 154 valence electrons. The summed E-state index contributed by atoms with van der Waals surface area (Å²) in [6.07, 6.45) is 5.00. The third-order valence-electron chi connectivity index (χ3n) is 5.17. The topological polar surface area (TPSA) is 80.9 Å². The van der Waals surface area contributed by atoms with E-state index in [0.717, 1.165) is 25.7 Å². The number of hydrogen-bond acceptors (Lipinski definition) is 6. The van der Waals surface area contributed by atoms with Crippen LogP contribution < -0.4 is 14.8 Å². The Balaban J connectivity index is 1.74. The highest BCUT2D eigenvalue weighted by Gasteiger charge is 2.25. The molecule has 2 atom stereocenters. The number of halogens is 2. The molecule has 0 aliphatic heterocycles. The molecule has 1 aromatic carbocycles. The Kier molecular flexibility index (Phi) is 5.48. The van der Waals surface area contributed by atoms with Gasteiger partial charge in [-0.3, -0.25) is 4.40 Å². The molecule has 0 saturated heterocycles. The molecule has 2 aromatic heterocycles. The number of hydrogen-bond donors (Lipinski definition) is 2. The number of nitrogens with zero attached hydrogens (tertiary/aromatic N) is 3. The Morgan fingerprint density at radius 2 is 2.03 bits per heavy atom. The number of ether oxygens (including phenoxy) is 2. The Morgan fingerprint density at radius 3 is 2.79 bits per heavy atom. The van der Waals surface area contributed by atoms with Crippen molar-refractivity contribution >= 4 is 11.5 Å². The molecule has 0 bridgehead atoms. The van der Waals surface area contributed by atoms with Crippen molar-refractivity contribution in [3.05, 3.63) is 36.5 Å². The third-order valence-corrected chi connectivity index (χ3v) is 5.17. The first kappa shape index (κ1) is 19.4. The molecule has 0 unspecified atom stereocenters. The molecule has 0 radical (unpaired) electrons. The first-order chi connectivity index (χ1) is 14.1. The number of anilines is 1. The molecule has 0 spiro atoms. The number of fused-ring (bicyclic) bond motifs is 1. The summed E-state index contributed by atoms with van der Waals surface area (Å²) in [4.78, 5) is 0. The molecule has 7 nitrogen and oxygen atoms in total. The van der Waals surface area contributed by atoms with Crippen molar-refractivity contribution in [1.82, 2.24) is 14.6 Å². The highest BCUT2D eigenvalue weighted by Crippen LogP contribution is 2.36. The molecule has 4 rings (SSSR count). The van der Waals surface area contributed by atoms with Crippen LogP contribution in [0.4, 0.5) is 14.7 Å². The fraction of sp³-hybridized carbons (Fsp3) is 0.400. The van der Waals surface area contributed by atoms with Crippen LogP contribution >= 0.6 is 0 Å². The van der Waals surface area contributed by atoms with E-state index in [1.807, 2.05) is 18.3 Å². The SMILES string of the molecule is COc1ccc(-c2nnc(N[C@@H]3CCCC[C@H]3O)n3cccc23)c(OC(F)F)c1. The number of nitrogens with one attached hydrogen (secondary N) is 1.